The van der Waals surface area contributed by atoms with E-state index in [-0.39, 0.29) is 23.7 Å². The van der Waals surface area contributed by atoms with Crippen LogP contribution >= 0.6 is 0 Å². The quantitative estimate of drug-likeness (QED) is 0.388. The zero-order valence-corrected chi connectivity index (χ0v) is 18.1. The molecule has 7 heteroatoms. The van der Waals surface area contributed by atoms with E-state index >= 15 is 0 Å². The van der Waals surface area contributed by atoms with Crippen LogP contribution in [0.25, 0.3) is 0 Å². The molecule has 1 heterocycles. The Balaban J connectivity index is 1.88. The van der Waals surface area contributed by atoms with E-state index < -0.39 is 11.6 Å². The van der Waals surface area contributed by atoms with Crippen molar-refractivity contribution in [1.29, 1.82) is 0 Å². The highest BCUT2D eigenvalue weighted by molar-refractivity contribution is 6.32. The van der Waals surface area contributed by atoms with E-state index in [1.54, 1.807) is 38.1 Å². The molecule has 1 aliphatic rings. The summed E-state index contributed by atoms with van der Waals surface area (Å²) in [4.78, 5) is 47.4. The molecule has 0 saturated heterocycles. The van der Waals surface area contributed by atoms with Crippen molar-refractivity contribution in [3.05, 3.63) is 41.0 Å². The lowest BCUT2D eigenvalue weighted by atomic mass is 9.84. The van der Waals surface area contributed by atoms with Gasteiger partial charge in [-0.05, 0) is 62.3 Å². The van der Waals surface area contributed by atoms with Crippen LogP contribution in [0.15, 0.2) is 35.4 Å². The number of benzene rings is 1. The number of hydrogen-bond acceptors (Lipinski definition) is 6. The lowest BCUT2D eigenvalue weighted by Gasteiger charge is -2.29. The number of carbonyl (C=O) groups excluding carboxylic acids is 3. The average molecular weight is 403 g/mol. The molecule has 2 rings (SSSR count). The van der Waals surface area contributed by atoms with E-state index in [1.165, 1.54) is 0 Å². The predicted molar refractivity (Wildman–Crippen MR) is 107 cm³/mol. The van der Waals surface area contributed by atoms with Gasteiger partial charge in [0.05, 0.1) is 12.1 Å². The highest BCUT2D eigenvalue weighted by Gasteiger charge is 2.34. The summed E-state index contributed by atoms with van der Waals surface area (Å²) in [6, 6.07) is 6.55. The second kappa shape index (κ2) is 8.47. The lowest BCUT2D eigenvalue weighted by Crippen LogP contribution is -2.31. The molecular formula is C22H29NO6. The summed E-state index contributed by atoms with van der Waals surface area (Å²) in [6.45, 7) is 13.2. The first-order valence-corrected chi connectivity index (χ1v) is 9.51. The summed E-state index contributed by atoms with van der Waals surface area (Å²) < 4.78 is 0. The smallest absolute Gasteiger partial charge is 0.269 e. The van der Waals surface area contributed by atoms with Gasteiger partial charge in [-0.3, -0.25) is 14.5 Å². The van der Waals surface area contributed by atoms with Gasteiger partial charge < -0.3 is 0 Å². The fourth-order valence-electron chi connectivity index (χ4n) is 3.40. The number of carbonyl (C=O) groups is 3. The number of hydrogen-bond donors (Lipinski definition) is 0. The minimum Gasteiger partial charge on any atom is -0.269 e. The Kier molecular flexibility index (Phi) is 6.65. The van der Waals surface area contributed by atoms with Gasteiger partial charge >= 0.3 is 5.97 Å². The minimum atomic E-state index is -0.619. The molecule has 0 N–H and O–H groups in total. The Labute approximate surface area is 171 Å². The SMILES string of the molecule is CC1=C(C)C(=O)N(c2ccc(CC(=O)OOOC(C)(C)CC(C)(C)C)cc2)C1=O. The Morgan fingerprint density at radius 2 is 1.45 bits per heavy atom. The molecule has 0 aliphatic carbocycles. The topological polar surface area (TPSA) is 82.1 Å². The van der Waals surface area contributed by atoms with Gasteiger partial charge in [0.15, 0.2) is 0 Å². The number of anilines is 1. The fraction of sp³-hybridized carbons (Fsp3) is 0.500. The van der Waals surface area contributed by atoms with Crippen LogP contribution in [0, 0.1) is 5.41 Å². The number of amides is 2. The van der Waals surface area contributed by atoms with Crippen LogP contribution in [0.4, 0.5) is 5.69 Å². The second-order valence-electron chi connectivity index (χ2n) is 9.14. The Morgan fingerprint density at radius 3 is 1.93 bits per heavy atom. The van der Waals surface area contributed by atoms with E-state index in [4.69, 9.17) is 9.78 Å². The van der Waals surface area contributed by atoms with Gasteiger partial charge in [-0.25, -0.2) is 9.69 Å². The maximum atomic E-state index is 12.2. The molecule has 1 aliphatic heterocycles. The minimum absolute atomic E-state index is 0.0311. The third-order valence-electron chi connectivity index (χ3n) is 4.50. The second-order valence-corrected chi connectivity index (χ2v) is 9.14. The molecule has 0 bridgehead atoms. The normalized spacial score (nSPS) is 15.3. The van der Waals surface area contributed by atoms with Crippen LogP contribution < -0.4 is 4.90 Å². The molecule has 2 amide bonds. The maximum Gasteiger partial charge on any atom is 0.349 e. The lowest BCUT2D eigenvalue weighted by molar-refractivity contribution is -0.518. The first-order chi connectivity index (χ1) is 13.3. The largest absolute Gasteiger partial charge is 0.349 e. The molecule has 7 nitrogen and oxygen atoms in total. The summed E-state index contributed by atoms with van der Waals surface area (Å²) in [5.41, 5.74) is 1.40. The molecule has 0 atom stereocenters. The van der Waals surface area contributed by atoms with Gasteiger partial charge in [-0.1, -0.05) is 32.9 Å². The first kappa shape index (κ1) is 22.8. The molecule has 0 unspecified atom stereocenters. The van der Waals surface area contributed by atoms with Crippen LogP contribution in [0.5, 0.6) is 0 Å². The molecule has 0 spiro atoms. The van der Waals surface area contributed by atoms with Crippen molar-refractivity contribution in [2.24, 2.45) is 5.41 Å². The predicted octanol–water partition coefficient (Wildman–Crippen LogP) is 4.06. The van der Waals surface area contributed by atoms with Crippen LogP contribution in [0.1, 0.15) is 60.5 Å². The molecule has 0 radical (unpaired) electrons. The van der Waals surface area contributed by atoms with E-state index in [0.29, 0.717) is 28.8 Å². The van der Waals surface area contributed by atoms with Crippen molar-refractivity contribution in [3.63, 3.8) is 0 Å². The summed E-state index contributed by atoms with van der Waals surface area (Å²) in [5, 5.41) is 4.68. The molecule has 29 heavy (non-hydrogen) atoms. The zero-order chi connectivity index (χ0) is 22.0. The summed E-state index contributed by atoms with van der Waals surface area (Å²) >= 11 is 0. The monoisotopic (exact) mass is 403 g/mol. The summed E-state index contributed by atoms with van der Waals surface area (Å²) in [5.74, 6) is -1.28. The molecule has 0 fully saturated rings. The van der Waals surface area contributed by atoms with E-state index in [9.17, 15) is 14.4 Å². The highest BCUT2D eigenvalue weighted by atomic mass is 17.5. The molecule has 0 aromatic heterocycles. The zero-order valence-electron chi connectivity index (χ0n) is 18.1. The number of imide groups is 1. The van der Waals surface area contributed by atoms with Crippen molar-refractivity contribution < 1.29 is 29.2 Å². The van der Waals surface area contributed by atoms with Gasteiger partial charge in [0, 0.05) is 11.1 Å². The van der Waals surface area contributed by atoms with E-state index in [0.717, 1.165) is 4.90 Å². The summed E-state index contributed by atoms with van der Waals surface area (Å²) in [6.07, 6.45) is 0.669. The Hall–Kier alpha value is -2.51. The van der Waals surface area contributed by atoms with Gasteiger partial charge in [0.1, 0.15) is 5.60 Å². The molecule has 1 aromatic carbocycles. The van der Waals surface area contributed by atoms with Crippen molar-refractivity contribution in [2.75, 3.05) is 4.90 Å². The van der Waals surface area contributed by atoms with Crippen molar-refractivity contribution in [2.45, 2.75) is 66.9 Å². The van der Waals surface area contributed by atoms with Crippen LogP contribution in [0.3, 0.4) is 0 Å². The van der Waals surface area contributed by atoms with Crippen molar-refractivity contribution in [3.8, 4) is 0 Å². The standard InChI is InChI=1S/C22H29NO6/c1-14-15(2)20(26)23(19(14)25)17-10-8-16(9-11-17)12-18(24)27-29-28-22(6,7)13-21(3,4)5/h8-11H,12-13H2,1-7H3. The third kappa shape index (κ3) is 5.98. The van der Waals surface area contributed by atoms with E-state index in [1.807, 2.05) is 13.8 Å². The van der Waals surface area contributed by atoms with E-state index in [2.05, 4.69) is 25.8 Å². The number of nitrogens with zero attached hydrogens (tertiary/aromatic N) is 1. The Morgan fingerprint density at radius 1 is 0.931 bits per heavy atom. The van der Waals surface area contributed by atoms with Crippen LogP contribution in [-0.2, 0) is 35.6 Å². The number of rotatable bonds is 7. The van der Waals surface area contributed by atoms with Crippen LogP contribution in [-0.4, -0.2) is 23.4 Å². The first-order valence-electron chi connectivity index (χ1n) is 9.51. The van der Waals surface area contributed by atoms with Crippen molar-refractivity contribution in [1.82, 2.24) is 0 Å². The molecule has 158 valence electrons. The van der Waals surface area contributed by atoms with Crippen molar-refractivity contribution >= 4 is 23.5 Å². The average Bonchev–Trinajstić information content (AvgIpc) is 2.77. The highest BCUT2D eigenvalue weighted by Crippen LogP contribution is 2.30. The third-order valence-corrected chi connectivity index (χ3v) is 4.50. The van der Waals surface area contributed by atoms with Gasteiger partial charge in [0.2, 0.25) is 0 Å². The fourth-order valence-corrected chi connectivity index (χ4v) is 3.40. The van der Waals surface area contributed by atoms with Gasteiger partial charge in [0.25, 0.3) is 11.8 Å². The maximum absolute atomic E-state index is 12.2. The molecular weight excluding hydrogens is 374 g/mol. The van der Waals surface area contributed by atoms with Crippen LogP contribution in [0.2, 0.25) is 0 Å². The molecule has 1 aromatic rings. The van der Waals surface area contributed by atoms with Gasteiger partial charge in [-0.2, -0.15) is 4.89 Å². The summed E-state index contributed by atoms with van der Waals surface area (Å²) in [7, 11) is 0. The Bertz CT molecular complexity index is 806. The molecule has 0 saturated carbocycles. The van der Waals surface area contributed by atoms with Gasteiger partial charge in [-0.15, -0.1) is 0 Å².